The van der Waals surface area contributed by atoms with Gasteiger partial charge in [-0.05, 0) is 18.2 Å². The maximum absolute atomic E-state index is 11.1. The monoisotopic (exact) mass is 269 g/mol. The maximum Gasteiger partial charge on any atom is 0.341 e. The first-order valence-corrected chi connectivity index (χ1v) is 5.91. The van der Waals surface area contributed by atoms with Gasteiger partial charge in [0.15, 0.2) is 5.65 Å². The molecular weight excluding hydrogens is 258 g/mol. The van der Waals surface area contributed by atoms with Gasteiger partial charge in [-0.2, -0.15) is 5.10 Å². The third-order valence-corrected chi connectivity index (χ3v) is 3.00. The summed E-state index contributed by atoms with van der Waals surface area (Å²) in [4.78, 5) is 15.2. The molecule has 0 spiro atoms. The predicted octanol–water partition coefficient (Wildman–Crippen LogP) is 2.10. The van der Waals surface area contributed by atoms with Crippen LogP contribution in [-0.2, 0) is 0 Å². The summed E-state index contributed by atoms with van der Waals surface area (Å²) in [6, 6.07) is 9.24. The molecule has 0 saturated carbocycles. The fourth-order valence-electron chi connectivity index (χ4n) is 2.04. The minimum absolute atomic E-state index is 0.0785. The fraction of sp³-hybridized carbons (Fsp3) is 0.0714. The van der Waals surface area contributed by atoms with Crippen LogP contribution >= 0.6 is 0 Å². The number of rotatable bonds is 3. The van der Waals surface area contributed by atoms with E-state index in [-0.39, 0.29) is 5.56 Å². The van der Waals surface area contributed by atoms with Crippen molar-refractivity contribution in [1.29, 1.82) is 0 Å². The molecule has 6 heteroatoms. The van der Waals surface area contributed by atoms with Crippen molar-refractivity contribution >= 4 is 11.6 Å². The molecule has 0 amide bonds. The van der Waals surface area contributed by atoms with Crippen LogP contribution in [0.15, 0.2) is 42.7 Å². The van der Waals surface area contributed by atoms with Crippen molar-refractivity contribution in [2.75, 3.05) is 7.11 Å². The second-order valence-electron chi connectivity index (χ2n) is 4.16. The summed E-state index contributed by atoms with van der Waals surface area (Å²) in [5.41, 5.74) is 2.02. The summed E-state index contributed by atoms with van der Waals surface area (Å²) < 4.78 is 6.70. The second kappa shape index (κ2) is 4.65. The minimum atomic E-state index is -1.05. The van der Waals surface area contributed by atoms with E-state index in [1.54, 1.807) is 19.4 Å². The highest BCUT2D eigenvalue weighted by molar-refractivity contribution is 5.94. The Morgan fingerprint density at radius 1 is 1.35 bits per heavy atom. The molecule has 1 aromatic carbocycles. The third-order valence-electron chi connectivity index (χ3n) is 3.00. The van der Waals surface area contributed by atoms with Gasteiger partial charge >= 0.3 is 5.97 Å². The second-order valence-corrected chi connectivity index (χ2v) is 4.16. The van der Waals surface area contributed by atoms with Gasteiger partial charge < -0.3 is 9.84 Å². The molecule has 6 nitrogen and oxygen atoms in total. The number of carboxylic acids is 1. The average molecular weight is 269 g/mol. The van der Waals surface area contributed by atoms with Crippen LogP contribution in [0.2, 0.25) is 0 Å². The smallest absolute Gasteiger partial charge is 0.341 e. The van der Waals surface area contributed by atoms with E-state index in [0.717, 1.165) is 17.0 Å². The molecule has 0 saturated heterocycles. The van der Waals surface area contributed by atoms with E-state index in [0.29, 0.717) is 5.65 Å². The number of aromatic nitrogens is 3. The Hall–Kier alpha value is -2.89. The molecule has 0 bridgehead atoms. The molecule has 2 aromatic heterocycles. The molecule has 0 aliphatic carbocycles. The first kappa shape index (κ1) is 12.2. The Labute approximate surface area is 114 Å². The molecule has 3 aromatic rings. The summed E-state index contributed by atoms with van der Waals surface area (Å²) in [6.45, 7) is 0. The van der Waals surface area contributed by atoms with Gasteiger partial charge in [-0.3, -0.25) is 0 Å². The van der Waals surface area contributed by atoms with Crippen LogP contribution in [0.1, 0.15) is 10.4 Å². The highest BCUT2D eigenvalue weighted by Gasteiger charge is 2.15. The first-order valence-electron chi connectivity index (χ1n) is 5.91. The number of hydrogen-bond donors (Lipinski definition) is 1. The predicted molar refractivity (Wildman–Crippen MR) is 71.9 cm³/mol. The molecule has 20 heavy (non-hydrogen) atoms. The number of ether oxygens (including phenoxy) is 1. The van der Waals surface area contributed by atoms with Gasteiger partial charge in [0.25, 0.3) is 0 Å². The van der Waals surface area contributed by atoms with E-state index in [1.165, 1.54) is 10.7 Å². The molecule has 0 aliphatic rings. The van der Waals surface area contributed by atoms with Crippen molar-refractivity contribution in [3.63, 3.8) is 0 Å². The Kier molecular flexibility index (Phi) is 2.83. The number of hydrogen-bond acceptors (Lipinski definition) is 4. The number of benzene rings is 1. The number of fused-ring (bicyclic) bond motifs is 1. The van der Waals surface area contributed by atoms with Crippen LogP contribution < -0.4 is 4.74 Å². The zero-order chi connectivity index (χ0) is 14.1. The minimum Gasteiger partial charge on any atom is -0.497 e. The van der Waals surface area contributed by atoms with Gasteiger partial charge in [0.2, 0.25) is 0 Å². The Morgan fingerprint density at radius 3 is 2.95 bits per heavy atom. The lowest BCUT2D eigenvalue weighted by atomic mass is 10.1. The first-order chi connectivity index (χ1) is 9.70. The van der Waals surface area contributed by atoms with Crippen molar-refractivity contribution in [2.45, 2.75) is 0 Å². The summed E-state index contributed by atoms with van der Waals surface area (Å²) in [5.74, 6) is -0.326. The average Bonchev–Trinajstić information content (AvgIpc) is 2.91. The molecule has 3 rings (SSSR count). The van der Waals surface area contributed by atoms with Gasteiger partial charge in [0.1, 0.15) is 11.3 Å². The maximum atomic E-state index is 11.1. The number of aromatic carboxylic acids is 1. The largest absolute Gasteiger partial charge is 0.497 e. The molecule has 0 unspecified atom stereocenters. The Bertz CT molecular complexity index is 795. The molecule has 100 valence electrons. The zero-order valence-electron chi connectivity index (χ0n) is 10.6. The third kappa shape index (κ3) is 1.87. The topological polar surface area (TPSA) is 76.7 Å². The van der Waals surface area contributed by atoms with Crippen LogP contribution in [0.25, 0.3) is 16.9 Å². The standard InChI is InChI=1S/C14H11N3O3/c1-20-10-4-2-3-9(7-10)12-5-6-15-13-11(14(18)19)8-16-17(12)13/h2-8H,1H3,(H,18,19). The Balaban J connectivity index is 2.23. The van der Waals surface area contributed by atoms with Crippen molar-refractivity contribution < 1.29 is 14.6 Å². The lowest BCUT2D eigenvalue weighted by Crippen LogP contribution is -1.99. The molecular formula is C14H11N3O3. The van der Waals surface area contributed by atoms with E-state index in [1.807, 2.05) is 24.3 Å². The van der Waals surface area contributed by atoms with Crippen LogP contribution in [-0.4, -0.2) is 32.8 Å². The van der Waals surface area contributed by atoms with Crippen LogP contribution in [0.3, 0.4) is 0 Å². The number of nitrogens with zero attached hydrogens (tertiary/aromatic N) is 3. The molecule has 2 heterocycles. The van der Waals surface area contributed by atoms with E-state index >= 15 is 0 Å². The molecule has 1 N–H and O–H groups in total. The summed E-state index contributed by atoms with van der Waals surface area (Å²) in [5, 5.41) is 13.2. The van der Waals surface area contributed by atoms with Gasteiger partial charge in [-0.25, -0.2) is 14.3 Å². The summed E-state index contributed by atoms with van der Waals surface area (Å²) in [6.07, 6.45) is 2.87. The van der Waals surface area contributed by atoms with Gasteiger partial charge in [0.05, 0.1) is 19.0 Å². The van der Waals surface area contributed by atoms with Gasteiger partial charge in [0, 0.05) is 11.8 Å². The lowest BCUT2D eigenvalue weighted by molar-refractivity contribution is 0.0699. The van der Waals surface area contributed by atoms with Crippen LogP contribution in [0, 0.1) is 0 Å². The van der Waals surface area contributed by atoms with Gasteiger partial charge in [-0.1, -0.05) is 12.1 Å². The van der Waals surface area contributed by atoms with E-state index < -0.39 is 5.97 Å². The normalized spacial score (nSPS) is 10.7. The van der Waals surface area contributed by atoms with Crippen molar-refractivity contribution in [3.8, 4) is 17.0 Å². The zero-order valence-corrected chi connectivity index (χ0v) is 10.6. The Morgan fingerprint density at radius 2 is 2.20 bits per heavy atom. The molecule has 0 radical (unpaired) electrons. The number of carbonyl (C=O) groups is 1. The quantitative estimate of drug-likeness (QED) is 0.788. The highest BCUT2D eigenvalue weighted by atomic mass is 16.5. The van der Waals surface area contributed by atoms with Crippen molar-refractivity contribution in [2.24, 2.45) is 0 Å². The summed E-state index contributed by atoms with van der Waals surface area (Å²) >= 11 is 0. The van der Waals surface area contributed by atoms with E-state index in [9.17, 15) is 4.79 Å². The highest BCUT2D eigenvalue weighted by Crippen LogP contribution is 2.24. The number of carboxylic acid groups (broad SMARTS) is 1. The molecule has 0 atom stereocenters. The molecule has 0 aliphatic heterocycles. The van der Waals surface area contributed by atoms with Crippen LogP contribution in [0.4, 0.5) is 0 Å². The number of methoxy groups -OCH3 is 1. The SMILES string of the molecule is COc1cccc(-c2ccnc3c(C(=O)O)cnn23)c1. The van der Waals surface area contributed by atoms with E-state index in [2.05, 4.69) is 10.1 Å². The van der Waals surface area contributed by atoms with Crippen molar-refractivity contribution in [3.05, 3.63) is 48.3 Å². The summed E-state index contributed by atoms with van der Waals surface area (Å²) in [7, 11) is 1.59. The van der Waals surface area contributed by atoms with Gasteiger partial charge in [-0.15, -0.1) is 0 Å². The fourth-order valence-corrected chi connectivity index (χ4v) is 2.04. The van der Waals surface area contributed by atoms with Crippen LogP contribution in [0.5, 0.6) is 5.75 Å². The molecule has 0 fully saturated rings. The van der Waals surface area contributed by atoms with E-state index in [4.69, 9.17) is 9.84 Å². The van der Waals surface area contributed by atoms with Crippen molar-refractivity contribution in [1.82, 2.24) is 14.6 Å². The lowest BCUT2D eigenvalue weighted by Gasteiger charge is -2.06.